The Morgan fingerprint density at radius 1 is 1.18 bits per heavy atom. The summed E-state index contributed by atoms with van der Waals surface area (Å²) in [6.07, 6.45) is 6.83. The van der Waals surface area contributed by atoms with E-state index in [-0.39, 0.29) is 0 Å². The fourth-order valence-corrected chi connectivity index (χ4v) is 2.47. The van der Waals surface area contributed by atoms with Gasteiger partial charge in [-0.1, -0.05) is 26.7 Å². The maximum absolute atomic E-state index is 5.40. The molecule has 1 aliphatic heterocycles. The molecule has 3 nitrogen and oxygen atoms in total. The van der Waals surface area contributed by atoms with Crippen LogP contribution in [0.2, 0.25) is 0 Å². The number of unbranched alkanes of at least 4 members (excludes halogenated alkanes) is 2. The zero-order chi connectivity index (χ0) is 12.5. The molecule has 0 bridgehead atoms. The van der Waals surface area contributed by atoms with Crippen molar-refractivity contribution in [1.29, 1.82) is 0 Å². The van der Waals surface area contributed by atoms with Gasteiger partial charge in [0.1, 0.15) is 0 Å². The Hall–Kier alpha value is -0.120. The Morgan fingerprint density at radius 3 is 2.29 bits per heavy atom. The smallest absolute Gasteiger partial charge is 0.0711 e. The van der Waals surface area contributed by atoms with Crippen LogP contribution in [-0.2, 0) is 4.74 Å². The Morgan fingerprint density at radius 2 is 1.82 bits per heavy atom. The lowest BCUT2D eigenvalue weighted by molar-refractivity contribution is 0.115. The Bertz CT molecular complexity index is 179. The van der Waals surface area contributed by atoms with Crippen LogP contribution in [0.1, 0.15) is 46.0 Å². The molecule has 1 N–H and O–H groups in total. The summed E-state index contributed by atoms with van der Waals surface area (Å²) in [7, 11) is 1.82. The van der Waals surface area contributed by atoms with Gasteiger partial charge in [0, 0.05) is 26.2 Å². The molecule has 1 aliphatic rings. The zero-order valence-electron chi connectivity index (χ0n) is 11.9. The van der Waals surface area contributed by atoms with Gasteiger partial charge in [-0.3, -0.25) is 0 Å². The van der Waals surface area contributed by atoms with Crippen molar-refractivity contribution in [2.24, 2.45) is 0 Å². The van der Waals surface area contributed by atoms with E-state index in [1.54, 1.807) is 0 Å². The van der Waals surface area contributed by atoms with E-state index in [2.05, 4.69) is 24.1 Å². The monoisotopic (exact) mass is 242 g/mol. The van der Waals surface area contributed by atoms with Crippen LogP contribution in [0.25, 0.3) is 0 Å². The summed E-state index contributed by atoms with van der Waals surface area (Å²) in [5.41, 5.74) is 0. The highest BCUT2D eigenvalue weighted by Crippen LogP contribution is 2.11. The van der Waals surface area contributed by atoms with E-state index in [0.29, 0.717) is 12.1 Å². The maximum Gasteiger partial charge on any atom is 0.0711 e. The number of methoxy groups -OCH3 is 1. The SMILES string of the molecule is CCCCN(CCCC)CC1CC(OC)CN1. The average Bonchev–Trinajstić information content (AvgIpc) is 2.80. The number of rotatable bonds is 9. The van der Waals surface area contributed by atoms with E-state index in [0.717, 1.165) is 6.54 Å². The second kappa shape index (κ2) is 8.90. The molecule has 0 aromatic carbocycles. The molecular weight excluding hydrogens is 212 g/mol. The fraction of sp³-hybridized carbons (Fsp3) is 1.00. The van der Waals surface area contributed by atoms with Gasteiger partial charge in [-0.25, -0.2) is 0 Å². The molecule has 17 heavy (non-hydrogen) atoms. The van der Waals surface area contributed by atoms with Crippen molar-refractivity contribution in [2.75, 3.05) is 33.3 Å². The lowest BCUT2D eigenvalue weighted by Crippen LogP contribution is -2.38. The summed E-state index contributed by atoms with van der Waals surface area (Å²) in [6, 6.07) is 0.633. The molecule has 2 unspecified atom stereocenters. The molecule has 0 spiro atoms. The van der Waals surface area contributed by atoms with Crippen molar-refractivity contribution >= 4 is 0 Å². The van der Waals surface area contributed by atoms with Crippen molar-refractivity contribution in [3.8, 4) is 0 Å². The van der Waals surface area contributed by atoms with Gasteiger partial charge in [-0.2, -0.15) is 0 Å². The molecule has 0 saturated carbocycles. The molecule has 0 radical (unpaired) electrons. The Kier molecular flexibility index (Phi) is 7.82. The first-order chi connectivity index (χ1) is 8.30. The van der Waals surface area contributed by atoms with Crippen molar-refractivity contribution in [3.05, 3.63) is 0 Å². The van der Waals surface area contributed by atoms with Crippen LogP contribution < -0.4 is 5.32 Å². The first kappa shape index (κ1) is 14.9. The highest BCUT2D eigenvalue weighted by Gasteiger charge is 2.24. The largest absolute Gasteiger partial charge is 0.380 e. The van der Waals surface area contributed by atoms with E-state index in [9.17, 15) is 0 Å². The average molecular weight is 242 g/mol. The van der Waals surface area contributed by atoms with E-state index in [4.69, 9.17) is 4.74 Å². The number of ether oxygens (including phenoxy) is 1. The molecule has 0 amide bonds. The molecule has 102 valence electrons. The minimum absolute atomic E-state index is 0.430. The predicted molar refractivity (Wildman–Crippen MR) is 73.5 cm³/mol. The van der Waals surface area contributed by atoms with E-state index < -0.39 is 0 Å². The lowest BCUT2D eigenvalue weighted by Gasteiger charge is -2.25. The van der Waals surface area contributed by atoms with Crippen LogP contribution in [-0.4, -0.2) is 50.3 Å². The fourth-order valence-electron chi connectivity index (χ4n) is 2.47. The second-order valence-corrected chi connectivity index (χ2v) is 5.21. The topological polar surface area (TPSA) is 24.5 Å². The zero-order valence-corrected chi connectivity index (χ0v) is 11.9. The van der Waals surface area contributed by atoms with Gasteiger partial charge < -0.3 is 15.0 Å². The molecule has 1 rings (SSSR count). The number of hydrogen-bond acceptors (Lipinski definition) is 3. The van der Waals surface area contributed by atoms with Crippen molar-refractivity contribution < 1.29 is 4.74 Å². The van der Waals surface area contributed by atoms with E-state index in [1.165, 1.54) is 51.7 Å². The van der Waals surface area contributed by atoms with Crippen LogP contribution in [0.15, 0.2) is 0 Å². The third kappa shape index (κ3) is 5.84. The van der Waals surface area contributed by atoms with Gasteiger partial charge >= 0.3 is 0 Å². The molecule has 0 aromatic rings. The van der Waals surface area contributed by atoms with E-state index >= 15 is 0 Å². The van der Waals surface area contributed by atoms with Gasteiger partial charge in [0.15, 0.2) is 0 Å². The van der Waals surface area contributed by atoms with Gasteiger partial charge in [0.05, 0.1) is 6.10 Å². The summed E-state index contributed by atoms with van der Waals surface area (Å²) < 4.78 is 5.40. The van der Waals surface area contributed by atoms with Crippen LogP contribution in [0, 0.1) is 0 Å². The molecule has 2 atom stereocenters. The van der Waals surface area contributed by atoms with Gasteiger partial charge in [0.25, 0.3) is 0 Å². The van der Waals surface area contributed by atoms with Crippen LogP contribution >= 0.6 is 0 Å². The minimum atomic E-state index is 0.430. The predicted octanol–water partition coefficient (Wildman–Crippen LogP) is 2.27. The minimum Gasteiger partial charge on any atom is -0.380 e. The molecule has 1 saturated heterocycles. The summed E-state index contributed by atoms with van der Waals surface area (Å²) in [5, 5.41) is 3.57. The number of nitrogens with one attached hydrogen (secondary N) is 1. The first-order valence-corrected chi connectivity index (χ1v) is 7.28. The number of hydrogen-bond donors (Lipinski definition) is 1. The third-order valence-electron chi connectivity index (χ3n) is 3.65. The quantitative estimate of drug-likeness (QED) is 0.671. The van der Waals surface area contributed by atoms with Crippen LogP contribution in [0.4, 0.5) is 0 Å². The standard InChI is InChI=1S/C14H30N2O/c1-4-6-8-16(9-7-5-2)12-13-10-14(17-3)11-15-13/h13-15H,4-12H2,1-3H3. The maximum atomic E-state index is 5.40. The van der Waals surface area contributed by atoms with Crippen molar-refractivity contribution in [3.63, 3.8) is 0 Å². The molecular formula is C14H30N2O. The molecule has 3 heteroatoms. The summed E-state index contributed by atoms with van der Waals surface area (Å²) in [5.74, 6) is 0. The summed E-state index contributed by atoms with van der Waals surface area (Å²) in [6.45, 7) is 9.27. The van der Waals surface area contributed by atoms with Crippen LogP contribution in [0.5, 0.6) is 0 Å². The Labute approximate surface area is 107 Å². The summed E-state index contributed by atoms with van der Waals surface area (Å²) >= 11 is 0. The molecule has 1 heterocycles. The highest BCUT2D eigenvalue weighted by molar-refractivity contribution is 4.84. The first-order valence-electron chi connectivity index (χ1n) is 7.28. The second-order valence-electron chi connectivity index (χ2n) is 5.21. The van der Waals surface area contributed by atoms with Gasteiger partial charge in [-0.15, -0.1) is 0 Å². The Balaban J connectivity index is 2.26. The summed E-state index contributed by atoms with van der Waals surface area (Å²) in [4.78, 5) is 2.63. The van der Waals surface area contributed by atoms with Crippen molar-refractivity contribution in [2.45, 2.75) is 58.1 Å². The van der Waals surface area contributed by atoms with E-state index in [1.807, 2.05) is 7.11 Å². The number of nitrogens with zero attached hydrogens (tertiary/aromatic N) is 1. The third-order valence-corrected chi connectivity index (χ3v) is 3.65. The molecule has 0 aromatic heterocycles. The normalized spacial score (nSPS) is 24.7. The lowest BCUT2D eigenvalue weighted by atomic mass is 10.1. The van der Waals surface area contributed by atoms with Gasteiger partial charge in [0.2, 0.25) is 0 Å². The molecule has 1 fully saturated rings. The van der Waals surface area contributed by atoms with Gasteiger partial charge in [-0.05, 0) is 32.4 Å². The van der Waals surface area contributed by atoms with Crippen LogP contribution in [0.3, 0.4) is 0 Å². The van der Waals surface area contributed by atoms with Crippen molar-refractivity contribution in [1.82, 2.24) is 10.2 Å². The molecule has 0 aliphatic carbocycles. The highest BCUT2D eigenvalue weighted by atomic mass is 16.5.